The number of rotatable bonds is 8. The predicted molar refractivity (Wildman–Crippen MR) is 145 cm³/mol. The van der Waals surface area contributed by atoms with Crippen LogP contribution in [-0.2, 0) is 10.2 Å². The van der Waals surface area contributed by atoms with Crippen LogP contribution in [0.2, 0.25) is 0 Å². The highest BCUT2D eigenvalue weighted by molar-refractivity contribution is 9.10. The van der Waals surface area contributed by atoms with E-state index >= 15 is 0 Å². The summed E-state index contributed by atoms with van der Waals surface area (Å²) in [4.78, 5) is 28.0. The van der Waals surface area contributed by atoms with Gasteiger partial charge in [-0.15, -0.1) is 0 Å². The third-order valence-electron chi connectivity index (χ3n) is 5.80. The summed E-state index contributed by atoms with van der Waals surface area (Å²) in [6.07, 6.45) is 1.75. The van der Waals surface area contributed by atoms with Crippen LogP contribution in [-0.4, -0.2) is 39.6 Å². The number of anilines is 1. The Balaban J connectivity index is 1.89. The molecular formula is C28H35BrN4O2. The number of halogens is 1. The molecule has 0 saturated carbocycles. The zero-order valence-electron chi connectivity index (χ0n) is 21.5. The molecule has 186 valence electrons. The van der Waals surface area contributed by atoms with Crippen LogP contribution in [0.25, 0.3) is 5.69 Å². The van der Waals surface area contributed by atoms with Gasteiger partial charge in [0.15, 0.2) is 0 Å². The van der Waals surface area contributed by atoms with Crippen LogP contribution in [0.1, 0.15) is 67.7 Å². The van der Waals surface area contributed by atoms with E-state index in [0.29, 0.717) is 17.9 Å². The van der Waals surface area contributed by atoms with E-state index in [1.165, 1.54) is 0 Å². The molecule has 35 heavy (non-hydrogen) atoms. The molecule has 0 fully saturated rings. The van der Waals surface area contributed by atoms with Crippen molar-refractivity contribution >= 4 is 33.6 Å². The third kappa shape index (κ3) is 6.82. The highest BCUT2D eigenvalue weighted by atomic mass is 79.9. The highest BCUT2D eigenvalue weighted by Crippen LogP contribution is 2.28. The first kappa shape index (κ1) is 26.7. The maximum Gasteiger partial charge on any atom is 0.254 e. The maximum atomic E-state index is 13.2. The Hall–Kier alpha value is -2.93. The maximum absolute atomic E-state index is 13.2. The second-order valence-corrected chi connectivity index (χ2v) is 10.9. The van der Waals surface area contributed by atoms with Crippen molar-refractivity contribution in [2.45, 2.75) is 59.8 Å². The van der Waals surface area contributed by atoms with Crippen molar-refractivity contribution in [2.24, 2.45) is 0 Å². The Morgan fingerprint density at radius 2 is 1.83 bits per heavy atom. The SMILES string of the molecule is CCCCN(CC(=O)Nc1cc(C(C)(C)C)nn1-c1ccc(C)cc1C)C(=O)c1cccc(Br)c1. The molecule has 1 heterocycles. The summed E-state index contributed by atoms with van der Waals surface area (Å²) in [6.45, 7) is 12.9. The molecule has 0 aliphatic rings. The van der Waals surface area contributed by atoms with Crippen molar-refractivity contribution < 1.29 is 9.59 Å². The van der Waals surface area contributed by atoms with Crippen molar-refractivity contribution in [1.82, 2.24) is 14.7 Å². The number of nitrogens with zero attached hydrogens (tertiary/aromatic N) is 3. The number of hydrogen-bond acceptors (Lipinski definition) is 3. The minimum absolute atomic E-state index is 0.0335. The Morgan fingerprint density at radius 1 is 1.09 bits per heavy atom. The number of nitrogens with one attached hydrogen (secondary N) is 1. The quantitative estimate of drug-likeness (QED) is 0.359. The van der Waals surface area contributed by atoms with Crippen LogP contribution in [0.5, 0.6) is 0 Å². The second-order valence-electron chi connectivity index (χ2n) is 10.0. The first-order chi connectivity index (χ1) is 16.5. The Bertz CT molecular complexity index is 1210. The molecule has 2 amide bonds. The molecular weight excluding hydrogens is 504 g/mol. The fourth-order valence-electron chi connectivity index (χ4n) is 3.82. The lowest BCUT2D eigenvalue weighted by Crippen LogP contribution is -2.39. The predicted octanol–water partition coefficient (Wildman–Crippen LogP) is 6.43. The molecule has 1 aromatic heterocycles. The second kappa shape index (κ2) is 11.2. The first-order valence-corrected chi connectivity index (χ1v) is 12.8. The molecule has 0 bridgehead atoms. The molecule has 0 spiro atoms. The lowest BCUT2D eigenvalue weighted by atomic mass is 9.92. The summed E-state index contributed by atoms with van der Waals surface area (Å²) >= 11 is 3.43. The van der Waals surface area contributed by atoms with Gasteiger partial charge in [-0.1, -0.05) is 73.8 Å². The lowest BCUT2D eigenvalue weighted by molar-refractivity contribution is -0.117. The van der Waals surface area contributed by atoms with E-state index in [-0.39, 0.29) is 23.8 Å². The summed E-state index contributed by atoms with van der Waals surface area (Å²) in [7, 11) is 0. The van der Waals surface area contributed by atoms with Gasteiger partial charge < -0.3 is 10.2 Å². The van der Waals surface area contributed by atoms with Crippen LogP contribution in [0, 0.1) is 13.8 Å². The van der Waals surface area contributed by atoms with Crippen molar-refractivity contribution in [1.29, 1.82) is 0 Å². The van der Waals surface area contributed by atoms with Gasteiger partial charge in [0.1, 0.15) is 12.4 Å². The molecule has 0 radical (unpaired) electrons. The number of hydrogen-bond donors (Lipinski definition) is 1. The number of unbranched alkanes of at least 4 members (excludes halogenated alkanes) is 1. The topological polar surface area (TPSA) is 67.2 Å². The molecule has 7 heteroatoms. The molecule has 0 saturated heterocycles. The van der Waals surface area contributed by atoms with Crippen molar-refractivity contribution in [3.05, 3.63) is 75.4 Å². The number of aryl methyl sites for hydroxylation is 2. The number of carbonyl (C=O) groups is 2. The van der Waals surface area contributed by atoms with Crippen molar-refractivity contribution in [3.63, 3.8) is 0 Å². The number of carbonyl (C=O) groups excluding carboxylic acids is 2. The number of aromatic nitrogens is 2. The van der Waals surface area contributed by atoms with E-state index in [2.05, 4.69) is 61.9 Å². The zero-order valence-corrected chi connectivity index (χ0v) is 23.1. The fourth-order valence-corrected chi connectivity index (χ4v) is 4.22. The van der Waals surface area contributed by atoms with Gasteiger partial charge in [0.25, 0.3) is 5.91 Å². The van der Waals surface area contributed by atoms with Gasteiger partial charge in [0.05, 0.1) is 11.4 Å². The minimum Gasteiger partial charge on any atom is -0.329 e. The van der Waals surface area contributed by atoms with E-state index < -0.39 is 0 Å². The monoisotopic (exact) mass is 538 g/mol. The van der Waals surface area contributed by atoms with Crippen LogP contribution in [0.3, 0.4) is 0 Å². The Morgan fingerprint density at radius 3 is 2.46 bits per heavy atom. The summed E-state index contributed by atoms with van der Waals surface area (Å²) in [5, 5.41) is 7.86. The zero-order chi connectivity index (χ0) is 25.8. The van der Waals surface area contributed by atoms with Crippen molar-refractivity contribution in [3.8, 4) is 5.69 Å². The van der Waals surface area contributed by atoms with Gasteiger partial charge >= 0.3 is 0 Å². The van der Waals surface area contributed by atoms with E-state index in [0.717, 1.165) is 39.8 Å². The Kier molecular flexibility index (Phi) is 8.54. The number of amides is 2. The van der Waals surface area contributed by atoms with Crippen LogP contribution >= 0.6 is 15.9 Å². The first-order valence-electron chi connectivity index (χ1n) is 12.0. The summed E-state index contributed by atoms with van der Waals surface area (Å²) < 4.78 is 2.62. The number of benzene rings is 2. The van der Waals surface area contributed by atoms with Gasteiger partial charge in [0, 0.05) is 28.1 Å². The molecule has 1 N–H and O–H groups in total. The lowest BCUT2D eigenvalue weighted by Gasteiger charge is -2.22. The molecule has 3 rings (SSSR count). The van der Waals surface area contributed by atoms with E-state index in [9.17, 15) is 9.59 Å². The minimum atomic E-state index is -0.254. The largest absolute Gasteiger partial charge is 0.329 e. The normalized spacial score (nSPS) is 11.4. The van der Waals surface area contributed by atoms with E-state index in [4.69, 9.17) is 5.10 Å². The van der Waals surface area contributed by atoms with Gasteiger partial charge in [-0.3, -0.25) is 9.59 Å². The Labute approximate surface area is 216 Å². The third-order valence-corrected chi connectivity index (χ3v) is 6.29. The molecule has 0 unspecified atom stereocenters. The van der Waals surface area contributed by atoms with Gasteiger partial charge in [0.2, 0.25) is 5.91 Å². The molecule has 0 aliphatic heterocycles. The van der Waals surface area contributed by atoms with E-state index in [1.807, 2.05) is 37.3 Å². The molecule has 0 atom stereocenters. The fraction of sp³-hybridized carbons (Fsp3) is 0.393. The molecule has 3 aromatic rings. The van der Waals surface area contributed by atoms with Gasteiger partial charge in [-0.25, -0.2) is 4.68 Å². The molecule has 6 nitrogen and oxygen atoms in total. The van der Waals surface area contributed by atoms with Crippen LogP contribution in [0.15, 0.2) is 53.0 Å². The van der Waals surface area contributed by atoms with Crippen molar-refractivity contribution in [2.75, 3.05) is 18.4 Å². The van der Waals surface area contributed by atoms with Crippen LogP contribution < -0.4 is 5.32 Å². The van der Waals surface area contributed by atoms with Crippen LogP contribution in [0.4, 0.5) is 5.82 Å². The smallest absolute Gasteiger partial charge is 0.254 e. The van der Waals surface area contributed by atoms with Gasteiger partial charge in [-0.2, -0.15) is 5.10 Å². The summed E-state index contributed by atoms with van der Waals surface area (Å²) in [5.74, 6) is 0.182. The average molecular weight is 540 g/mol. The average Bonchev–Trinajstić information content (AvgIpc) is 3.20. The summed E-state index contributed by atoms with van der Waals surface area (Å²) in [6, 6.07) is 15.3. The highest BCUT2D eigenvalue weighted by Gasteiger charge is 2.24. The standard InChI is InChI=1S/C28H35BrN4O2/c1-7-8-14-32(27(35)21-10-9-11-22(29)16-21)18-26(34)30-25-17-24(28(4,5)6)31-33(25)23-13-12-19(2)15-20(23)3/h9-13,15-17H,7-8,14,18H2,1-6H3,(H,30,34). The molecule has 0 aliphatic carbocycles. The van der Waals surface area contributed by atoms with Gasteiger partial charge in [-0.05, 0) is 50.1 Å². The molecule has 2 aromatic carbocycles. The van der Waals surface area contributed by atoms with E-state index in [1.54, 1.807) is 21.7 Å². The summed E-state index contributed by atoms with van der Waals surface area (Å²) in [5.41, 5.74) is 4.39.